The minimum atomic E-state index is -1.39. The molecule has 40 heavy (non-hydrogen) atoms. The first kappa shape index (κ1) is 26.5. The quantitative estimate of drug-likeness (QED) is 0.244. The summed E-state index contributed by atoms with van der Waals surface area (Å²) in [5.74, 6) is -1.13. The van der Waals surface area contributed by atoms with Crippen LogP contribution < -0.4 is 9.47 Å². The highest BCUT2D eigenvalue weighted by Crippen LogP contribution is 2.65. The van der Waals surface area contributed by atoms with Crippen molar-refractivity contribution in [2.45, 2.75) is 51.4 Å². The third-order valence-electron chi connectivity index (χ3n) is 9.27. The number of benzene rings is 2. The van der Waals surface area contributed by atoms with Crippen molar-refractivity contribution < 1.29 is 28.5 Å². The van der Waals surface area contributed by atoms with Crippen LogP contribution in [0.1, 0.15) is 60.7 Å². The molecule has 0 N–H and O–H groups in total. The highest BCUT2D eigenvalue weighted by atomic mass is 16.7. The van der Waals surface area contributed by atoms with Gasteiger partial charge in [-0.05, 0) is 48.5 Å². The molecular weight excluding hydrogens is 504 g/mol. The van der Waals surface area contributed by atoms with Crippen LogP contribution in [0, 0.1) is 5.41 Å². The first-order valence-electron chi connectivity index (χ1n) is 13.6. The molecule has 0 radical (unpaired) electrons. The maximum atomic E-state index is 14.5. The molecule has 0 saturated heterocycles. The standard InChI is InChI=1S/C34H34O6/c1-20-11-10-15-32(2,3)33(20)18-22-26-28(31(36)27-23(35)14-16-34(38-5,39-6)29(22)27)24(17-25(37-4)30(26)33)40-19-21-12-8-7-9-13-21/h7-9,11-14,16-18H,10,15,19H2,1-6H3/t33-/m0/s1. The predicted molar refractivity (Wildman–Crippen MR) is 152 cm³/mol. The lowest BCUT2D eigenvalue weighted by Crippen LogP contribution is -2.43. The zero-order chi connectivity index (χ0) is 28.4. The van der Waals surface area contributed by atoms with E-state index in [9.17, 15) is 9.59 Å². The second-order valence-electron chi connectivity index (χ2n) is 11.5. The Kier molecular flexibility index (Phi) is 6.06. The van der Waals surface area contributed by atoms with Gasteiger partial charge in [-0.15, -0.1) is 0 Å². The summed E-state index contributed by atoms with van der Waals surface area (Å²) >= 11 is 0. The third-order valence-corrected chi connectivity index (χ3v) is 9.27. The van der Waals surface area contributed by atoms with E-state index in [0.717, 1.165) is 35.1 Å². The molecule has 1 atom stereocenters. The number of allylic oxidation sites excluding steroid dienone is 5. The largest absolute Gasteiger partial charge is 0.496 e. The Hall–Kier alpha value is -3.74. The van der Waals surface area contributed by atoms with E-state index in [1.54, 1.807) is 13.2 Å². The van der Waals surface area contributed by atoms with Crippen molar-refractivity contribution in [3.05, 3.63) is 99.7 Å². The van der Waals surface area contributed by atoms with Gasteiger partial charge in [0.1, 0.15) is 18.1 Å². The molecule has 0 amide bonds. The number of carbonyl (C=O) groups is 2. The lowest BCUT2D eigenvalue weighted by atomic mass is 9.55. The van der Waals surface area contributed by atoms with Crippen LogP contribution in [-0.4, -0.2) is 38.7 Å². The van der Waals surface area contributed by atoms with Crippen molar-refractivity contribution >= 4 is 17.1 Å². The second kappa shape index (κ2) is 9.15. The number of hydrogen-bond donors (Lipinski definition) is 0. The average molecular weight is 539 g/mol. The molecule has 2 aromatic carbocycles. The normalized spacial score (nSPS) is 23.6. The summed E-state index contributed by atoms with van der Waals surface area (Å²) in [7, 11) is 4.70. The van der Waals surface area contributed by atoms with Crippen LogP contribution in [0.5, 0.6) is 11.5 Å². The monoisotopic (exact) mass is 538 g/mol. The first-order valence-corrected chi connectivity index (χ1v) is 13.6. The van der Waals surface area contributed by atoms with Crippen molar-refractivity contribution in [1.82, 2.24) is 0 Å². The molecular formula is C34H34O6. The summed E-state index contributed by atoms with van der Waals surface area (Å²) in [5.41, 5.74) is 4.64. The maximum absolute atomic E-state index is 14.5. The van der Waals surface area contributed by atoms with Gasteiger partial charge in [0.05, 0.1) is 18.2 Å². The molecule has 0 aliphatic heterocycles. The topological polar surface area (TPSA) is 71.1 Å². The highest BCUT2D eigenvalue weighted by molar-refractivity contribution is 6.36. The van der Waals surface area contributed by atoms with Gasteiger partial charge >= 0.3 is 0 Å². The average Bonchev–Trinajstić information content (AvgIpc) is 3.32. The van der Waals surface area contributed by atoms with Crippen LogP contribution in [0.4, 0.5) is 0 Å². The van der Waals surface area contributed by atoms with Crippen molar-refractivity contribution in [1.29, 1.82) is 0 Å². The van der Waals surface area contributed by atoms with E-state index in [4.69, 9.17) is 18.9 Å². The molecule has 0 unspecified atom stereocenters. The Morgan fingerprint density at radius 1 is 0.950 bits per heavy atom. The second-order valence-corrected chi connectivity index (χ2v) is 11.5. The van der Waals surface area contributed by atoms with Crippen molar-refractivity contribution in [2.24, 2.45) is 5.41 Å². The lowest BCUT2D eigenvalue weighted by Gasteiger charge is -2.48. The molecule has 0 saturated carbocycles. The number of methoxy groups -OCH3 is 3. The fourth-order valence-corrected chi connectivity index (χ4v) is 7.22. The van der Waals surface area contributed by atoms with Gasteiger partial charge in [-0.2, -0.15) is 0 Å². The molecule has 0 heterocycles. The zero-order valence-corrected chi connectivity index (χ0v) is 23.8. The summed E-state index contributed by atoms with van der Waals surface area (Å²) in [6, 6.07) is 11.6. The van der Waals surface area contributed by atoms with Gasteiger partial charge < -0.3 is 18.9 Å². The smallest absolute Gasteiger partial charge is 0.216 e. The molecule has 6 heteroatoms. The minimum Gasteiger partial charge on any atom is -0.496 e. The molecule has 206 valence electrons. The number of Topliss-reactive ketones (excluding diaryl/α,β-unsaturated/α-hetero) is 1. The molecule has 0 fully saturated rings. The van der Waals surface area contributed by atoms with E-state index in [2.05, 4.69) is 32.9 Å². The van der Waals surface area contributed by atoms with Gasteiger partial charge in [0, 0.05) is 42.4 Å². The van der Waals surface area contributed by atoms with E-state index in [1.165, 1.54) is 25.9 Å². The molecule has 4 aliphatic carbocycles. The van der Waals surface area contributed by atoms with Gasteiger partial charge in [0.15, 0.2) is 5.78 Å². The van der Waals surface area contributed by atoms with E-state index in [-0.39, 0.29) is 23.4 Å². The van der Waals surface area contributed by atoms with Gasteiger partial charge in [0.25, 0.3) is 0 Å². The summed E-state index contributed by atoms with van der Waals surface area (Å²) in [6.45, 7) is 6.92. The van der Waals surface area contributed by atoms with E-state index < -0.39 is 17.0 Å². The van der Waals surface area contributed by atoms with Gasteiger partial charge in [0.2, 0.25) is 11.6 Å². The SMILES string of the molecule is COc1cc(OCc2ccccc2)c2c3c1[C@]1(C=C3C3=C(C(=O)C=CC3(OC)OC)C2=O)C(C)=CCCC1(C)C. The summed E-state index contributed by atoms with van der Waals surface area (Å²) in [5, 5.41) is 0. The van der Waals surface area contributed by atoms with Crippen LogP contribution >= 0.6 is 0 Å². The molecule has 4 aliphatic rings. The predicted octanol–water partition coefficient (Wildman–Crippen LogP) is 6.30. The summed E-state index contributed by atoms with van der Waals surface area (Å²) < 4.78 is 24.3. The first-order chi connectivity index (χ1) is 19.2. The van der Waals surface area contributed by atoms with Crippen LogP contribution in [-0.2, 0) is 26.3 Å². The van der Waals surface area contributed by atoms with Crippen molar-refractivity contribution in [3.63, 3.8) is 0 Å². The summed E-state index contributed by atoms with van der Waals surface area (Å²) in [6.07, 6.45) is 9.35. The Morgan fingerprint density at radius 3 is 2.33 bits per heavy atom. The van der Waals surface area contributed by atoms with Crippen LogP contribution in [0.3, 0.4) is 0 Å². The van der Waals surface area contributed by atoms with Gasteiger partial charge in [-0.3, -0.25) is 9.59 Å². The Labute approximate surface area is 235 Å². The van der Waals surface area contributed by atoms with E-state index >= 15 is 0 Å². The van der Waals surface area contributed by atoms with E-state index in [0.29, 0.717) is 22.6 Å². The minimum absolute atomic E-state index is 0.0536. The number of ketones is 2. The van der Waals surface area contributed by atoms with Gasteiger partial charge in [-0.1, -0.05) is 61.9 Å². The number of carbonyl (C=O) groups excluding carboxylic acids is 2. The van der Waals surface area contributed by atoms with E-state index in [1.807, 2.05) is 36.4 Å². The van der Waals surface area contributed by atoms with Crippen molar-refractivity contribution in [2.75, 3.05) is 21.3 Å². The number of fused-ring (bicyclic) bond motifs is 2. The summed E-state index contributed by atoms with van der Waals surface area (Å²) in [4.78, 5) is 27.9. The van der Waals surface area contributed by atoms with Gasteiger partial charge in [-0.25, -0.2) is 0 Å². The molecule has 6 nitrogen and oxygen atoms in total. The van der Waals surface area contributed by atoms with Crippen LogP contribution in [0.25, 0.3) is 5.57 Å². The molecule has 2 aromatic rings. The number of rotatable bonds is 6. The molecule has 0 aromatic heterocycles. The van der Waals surface area contributed by atoms with Crippen LogP contribution in [0.2, 0.25) is 0 Å². The molecule has 6 rings (SSSR count). The van der Waals surface area contributed by atoms with Crippen molar-refractivity contribution in [3.8, 4) is 11.5 Å². The number of ether oxygens (including phenoxy) is 4. The Balaban J connectivity index is 1.70. The highest BCUT2D eigenvalue weighted by Gasteiger charge is 2.58. The number of hydrogen-bond acceptors (Lipinski definition) is 6. The third kappa shape index (κ3) is 3.36. The zero-order valence-electron chi connectivity index (χ0n) is 23.8. The van der Waals surface area contributed by atoms with Crippen LogP contribution in [0.15, 0.2) is 77.4 Å². The fraction of sp³-hybridized carbons (Fsp3) is 0.353. The lowest BCUT2D eigenvalue weighted by molar-refractivity contribution is -0.141. The Bertz CT molecular complexity index is 1570. The Morgan fingerprint density at radius 2 is 1.68 bits per heavy atom. The molecule has 1 spiro atoms. The maximum Gasteiger partial charge on any atom is 0.216 e. The fourth-order valence-electron chi connectivity index (χ4n) is 7.22. The molecule has 0 bridgehead atoms.